The van der Waals surface area contributed by atoms with Crippen LogP contribution in [0.15, 0.2) is 54.6 Å². The highest BCUT2D eigenvalue weighted by molar-refractivity contribution is 5.34. The van der Waals surface area contributed by atoms with Gasteiger partial charge in [0.2, 0.25) is 0 Å². The largest absolute Gasteiger partial charge is 0.423 e. The standard InChI is InChI=1S/C22H29N5O/c1-2-3-4-5-6-10-16-23-18-19-12-11-15-21(17-19)28-22-24-25-26-27(22)20-13-8-7-9-14-20/h7-9,11-15,17,23H,2-6,10,16,18H2,1H3. The summed E-state index contributed by atoms with van der Waals surface area (Å²) >= 11 is 0. The van der Waals surface area contributed by atoms with Crippen LogP contribution in [0.3, 0.4) is 0 Å². The minimum Gasteiger partial charge on any atom is -0.423 e. The fourth-order valence-corrected chi connectivity index (χ4v) is 3.06. The highest BCUT2D eigenvalue weighted by Gasteiger charge is 2.10. The molecule has 0 aliphatic carbocycles. The zero-order valence-corrected chi connectivity index (χ0v) is 16.6. The summed E-state index contributed by atoms with van der Waals surface area (Å²) in [6, 6.07) is 18.1. The van der Waals surface area contributed by atoms with Gasteiger partial charge < -0.3 is 10.1 Å². The summed E-state index contributed by atoms with van der Waals surface area (Å²) in [7, 11) is 0. The Bertz CT molecular complexity index is 819. The van der Waals surface area contributed by atoms with E-state index in [2.05, 4.69) is 33.8 Å². The fourth-order valence-electron chi connectivity index (χ4n) is 3.06. The lowest BCUT2D eigenvalue weighted by Crippen LogP contribution is -2.14. The van der Waals surface area contributed by atoms with Crippen molar-refractivity contribution in [2.45, 2.75) is 52.0 Å². The van der Waals surface area contributed by atoms with Crippen LogP contribution in [0.25, 0.3) is 5.69 Å². The van der Waals surface area contributed by atoms with Crippen LogP contribution in [-0.4, -0.2) is 26.8 Å². The molecule has 0 atom stereocenters. The number of ether oxygens (including phenoxy) is 1. The van der Waals surface area contributed by atoms with Crippen LogP contribution in [0.5, 0.6) is 11.8 Å². The quantitative estimate of drug-likeness (QED) is 0.453. The van der Waals surface area contributed by atoms with Crippen molar-refractivity contribution in [3.05, 3.63) is 60.2 Å². The van der Waals surface area contributed by atoms with E-state index in [0.717, 1.165) is 24.5 Å². The molecule has 0 amide bonds. The third-order valence-corrected chi connectivity index (χ3v) is 4.59. The van der Waals surface area contributed by atoms with E-state index in [1.165, 1.54) is 44.1 Å². The molecule has 28 heavy (non-hydrogen) atoms. The normalized spacial score (nSPS) is 10.9. The third kappa shape index (κ3) is 6.16. The van der Waals surface area contributed by atoms with Gasteiger partial charge in [0.05, 0.1) is 5.69 Å². The Morgan fingerprint density at radius 3 is 2.61 bits per heavy atom. The Morgan fingerprint density at radius 2 is 1.75 bits per heavy atom. The molecule has 2 aromatic carbocycles. The van der Waals surface area contributed by atoms with E-state index in [1.54, 1.807) is 4.68 Å². The van der Waals surface area contributed by atoms with Crippen LogP contribution < -0.4 is 10.1 Å². The van der Waals surface area contributed by atoms with Gasteiger partial charge in [0.15, 0.2) is 0 Å². The first-order valence-corrected chi connectivity index (χ1v) is 10.2. The highest BCUT2D eigenvalue weighted by Crippen LogP contribution is 2.22. The van der Waals surface area contributed by atoms with Gasteiger partial charge >= 0.3 is 6.01 Å². The molecule has 6 nitrogen and oxygen atoms in total. The van der Waals surface area contributed by atoms with Crippen molar-refractivity contribution in [2.75, 3.05) is 6.54 Å². The second kappa shape index (κ2) is 11.2. The third-order valence-electron chi connectivity index (χ3n) is 4.59. The number of hydrogen-bond donors (Lipinski definition) is 1. The maximum absolute atomic E-state index is 5.93. The van der Waals surface area contributed by atoms with Gasteiger partial charge in [-0.1, -0.05) is 74.5 Å². The maximum Gasteiger partial charge on any atom is 0.345 e. The molecule has 0 saturated heterocycles. The number of nitrogens with one attached hydrogen (secondary N) is 1. The van der Waals surface area contributed by atoms with E-state index in [9.17, 15) is 0 Å². The van der Waals surface area contributed by atoms with Gasteiger partial charge in [-0.15, -0.1) is 0 Å². The van der Waals surface area contributed by atoms with E-state index < -0.39 is 0 Å². The number of benzene rings is 2. The number of nitrogens with zero attached hydrogens (tertiary/aromatic N) is 4. The molecule has 0 radical (unpaired) electrons. The highest BCUT2D eigenvalue weighted by atomic mass is 16.5. The molecule has 3 aromatic rings. The van der Waals surface area contributed by atoms with Crippen molar-refractivity contribution in [2.24, 2.45) is 0 Å². The topological polar surface area (TPSA) is 64.9 Å². The van der Waals surface area contributed by atoms with Gasteiger partial charge in [-0.2, -0.15) is 4.68 Å². The molecule has 6 heteroatoms. The lowest BCUT2D eigenvalue weighted by molar-refractivity contribution is 0.426. The zero-order valence-electron chi connectivity index (χ0n) is 16.6. The number of rotatable bonds is 12. The summed E-state index contributed by atoms with van der Waals surface area (Å²) in [6.45, 7) is 4.13. The van der Waals surface area contributed by atoms with Crippen molar-refractivity contribution >= 4 is 0 Å². The Morgan fingerprint density at radius 1 is 0.929 bits per heavy atom. The van der Waals surface area contributed by atoms with Gasteiger partial charge in [-0.25, -0.2) is 0 Å². The molecule has 0 spiro atoms. The van der Waals surface area contributed by atoms with Crippen molar-refractivity contribution in [3.63, 3.8) is 0 Å². The van der Waals surface area contributed by atoms with Gasteiger partial charge in [0, 0.05) is 6.54 Å². The SMILES string of the molecule is CCCCCCCCNCc1cccc(Oc2nnnn2-c2ccccc2)c1. The molecule has 0 fully saturated rings. The molecule has 148 valence electrons. The van der Waals surface area contributed by atoms with E-state index >= 15 is 0 Å². The number of tetrazole rings is 1. The van der Waals surface area contributed by atoms with E-state index in [1.807, 2.05) is 48.5 Å². The summed E-state index contributed by atoms with van der Waals surface area (Å²) in [6.07, 6.45) is 7.89. The van der Waals surface area contributed by atoms with Crippen LogP contribution in [0.1, 0.15) is 51.0 Å². The van der Waals surface area contributed by atoms with Gasteiger partial charge in [-0.05, 0) is 53.2 Å². The molecule has 3 rings (SSSR count). The van der Waals surface area contributed by atoms with Crippen LogP contribution in [-0.2, 0) is 6.54 Å². The summed E-state index contributed by atoms with van der Waals surface area (Å²) in [4.78, 5) is 0. The Labute approximate surface area is 166 Å². The van der Waals surface area contributed by atoms with Crippen molar-refractivity contribution < 1.29 is 4.74 Å². The predicted molar refractivity (Wildman–Crippen MR) is 111 cm³/mol. The minimum atomic E-state index is 0.350. The van der Waals surface area contributed by atoms with E-state index in [-0.39, 0.29) is 0 Å². The lowest BCUT2D eigenvalue weighted by atomic mass is 10.1. The second-order valence-corrected chi connectivity index (χ2v) is 6.90. The predicted octanol–water partition coefficient (Wildman–Crippen LogP) is 4.90. The average molecular weight is 380 g/mol. The first-order valence-electron chi connectivity index (χ1n) is 10.2. The van der Waals surface area contributed by atoms with Crippen molar-refractivity contribution in [3.8, 4) is 17.4 Å². The molecule has 0 saturated carbocycles. The van der Waals surface area contributed by atoms with Crippen molar-refractivity contribution in [1.29, 1.82) is 0 Å². The van der Waals surface area contributed by atoms with E-state index in [0.29, 0.717) is 6.01 Å². The van der Waals surface area contributed by atoms with Crippen LogP contribution in [0, 0.1) is 0 Å². The molecule has 0 unspecified atom stereocenters. The van der Waals surface area contributed by atoms with Crippen LogP contribution >= 0.6 is 0 Å². The molecule has 0 bridgehead atoms. The van der Waals surface area contributed by atoms with Gasteiger partial charge in [0.25, 0.3) is 0 Å². The first-order chi connectivity index (χ1) is 13.9. The number of unbranched alkanes of at least 4 members (excludes halogenated alkanes) is 5. The number of aromatic nitrogens is 4. The lowest BCUT2D eigenvalue weighted by Gasteiger charge is -2.09. The first kappa shape index (κ1) is 20.0. The summed E-state index contributed by atoms with van der Waals surface area (Å²) in [5, 5.41) is 15.3. The number of para-hydroxylation sites is 1. The Balaban J connectivity index is 1.49. The Hall–Kier alpha value is -2.73. The fraction of sp³-hybridized carbons (Fsp3) is 0.409. The molecule has 1 aromatic heterocycles. The molecule has 1 heterocycles. The Kier molecular flexibility index (Phi) is 8.00. The molecular weight excluding hydrogens is 350 g/mol. The smallest absolute Gasteiger partial charge is 0.345 e. The van der Waals surface area contributed by atoms with Crippen LogP contribution in [0.4, 0.5) is 0 Å². The minimum absolute atomic E-state index is 0.350. The molecule has 0 aliphatic heterocycles. The maximum atomic E-state index is 5.93. The average Bonchev–Trinajstić information content (AvgIpc) is 3.19. The number of hydrogen-bond acceptors (Lipinski definition) is 5. The van der Waals surface area contributed by atoms with Crippen LogP contribution in [0.2, 0.25) is 0 Å². The van der Waals surface area contributed by atoms with Gasteiger partial charge in [0.1, 0.15) is 5.75 Å². The molecule has 0 aliphatic rings. The monoisotopic (exact) mass is 379 g/mol. The van der Waals surface area contributed by atoms with Crippen molar-refractivity contribution in [1.82, 2.24) is 25.5 Å². The molecule has 1 N–H and O–H groups in total. The molecular formula is C22H29N5O. The van der Waals surface area contributed by atoms with Gasteiger partial charge in [-0.3, -0.25) is 0 Å². The summed E-state index contributed by atoms with van der Waals surface area (Å²) in [5.41, 5.74) is 2.04. The zero-order chi connectivity index (χ0) is 19.4. The summed E-state index contributed by atoms with van der Waals surface area (Å²) in [5.74, 6) is 0.728. The summed E-state index contributed by atoms with van der Waals surface area (Å²) < 4.78 is 7.51. The van der Waals surface area contributed by atoms with E-state index in [4.69, 9.17) is 4.74 Å². The second-order valence-electron chi connectivity index (χ2n) is 6.90.